The Kier molecular flexibility index (Phi) is 5.34. The Balaban J connectivity index is 1.67. The fourth-order valence-corrected chi connectivity index (χ4v) is 3.64. The summed E-state index contributed by atoms with van der Waals surface area (Å²) in [5, 5.41) is 29.0. The van der Waals surface area contributed by atoms with Crippen LogP contribution in [-0.2, 0) is 0 Å². The van der Waals surface area contributed by atoms with E-state index < -0.39 is 6.29 Å². The van der Waals surface area contributed by atoms with Gasteiger partial charge in [0.1, 0.15) is 5.03 Å². The highest BCUT2D eigenvalue weighted by Crippen LogP contribution is 2.30. The Bertz CT molecular complexity index is 712. The van der Waals surface area contributed by atoms with Crippen LogP contribution in [0.4, 0.5) is 0 Å². The highest BCUT2D eigenvalue weighted by atomic mass is 32.2. The van der Waals surface area contributed by atoms with E-state index in [2.05, 4.69) is 27.3 Å². The molecule has 120 valence electrons. The second-order valence-electron chi connectivity index (χ2n) is 5.69. The number of nitrogens with one attached hydrogen (secondary N) is 1. The van der Waals surface area contributed by atoms with Crippen LogP contribution in [0.1, 0.15) is 49.7 Å². The molecule has 0 radical (unpaired) electrons. The summed E-state index contributed by atoms with van der Waals surface area (Å²) in [6.45, 7) is 0. The number of rotatable bonds is 4. The zero-order valence-electron chi connectivity index (χ0n) is 12.7. The van der Waals surface area contributed by atoms with Crippen LogP contribution < -0.4 is 0 Å². The van der Waals surface area contributed by atoms with E-state index in [9.17, 15) is 10.2 Å². The smallest absolute Gasteiger partial charge is 0.200 e. The number of benzene rings is 1. The molecule has 3 N–H and O–H groups in total. The molecule has 1 aliphatic rings. The van der Waals surface area contributed by atoms with Gasteiger partial charge in [-0.25, -0.2) is 0 Å². The van der Waals surface area contributed by atoms with E-state index in [0.717, 1.165) is 22.8 Å². The third-order valence-corrected chi connectivity index (χ3v) is 4.93. The predicted molar refractivity (Wildman–Crippen MR) is 87.6 cm³/mol. The largest absolute Gasteiger partial charge is 0.363 e. The average Bonchev–Trinajstić information content (AvgIpc) is 3.19. The van der Waals surface area contributed by atoms with Crippen molar-refractivity contribution in [3.8, 4) is 11.8 Å². The lowest BCUT2D eigenvalue weighted by molar-refractivity contribution is -0.0479. The average molecular weight is 329 g/mol. The predicted octanol–water partition coefficient (Wildman–Crippen LogP) is 2.87. The first-order valence-electron chi connectivity index (χ1n) is 7.76. The van der Waals surface area contributed by atoms with Gasteiger partial charge < -0.3 is 10.2 Å². The summed E-state index contributed by atoms with van der Waals surface area (Å²) in [7, 11) is 0. The third kappa shape index (κ3) is 4.35. The van der Waals surface area contributed by atoms with Crippen molar-refractivity contribution in [1.29, 1.82) is 0 Å². The molecule has 0 atom stereocenters. The lowest BCUT2D eigenvalue weighted by Crippen LogP contribution is -1.97. The number of hydrogen-bond donors (Lipinski definition) is 3. The Labute approximate surface area is 139 Å². The number of aliphatic hydroxyl groups excluding tert-OH is 1. The van der Waals surface area contributed by atoms with Crippen molar-refractivity contribution < 1.29 is 10.2 Å². The van der Waals surface area contributed by atoms with Gasteiger partial charge in [-0.05, 0) is 37.0 Å². The van der Waals surface area contributed by atoms with E-state index in [1.807, 2.05) is 24.3 Å². The molecule has 3 rings (SSSR count). The van der Waals surface area contributed by atoms with Crippen molar-refractivity contribution in [2.24, 2.45) is 5.92 Å². The molecule has 1 aliphatic carbocycles. The molecule has 2 aromatic rings. The lowest BCUT2D eigenvalue weighted by atomic mass is 10.0. The second kappa shape index (κ2) is 7.64. The van der Waals surface area contributed by atoms with Crippen molar-refractivity contribution in [2.45, 2.75) is 48.3 Å². The minimum atomic E-state index is -1.63. The van der Waals surface area contributed by atoms with Crippen LogP contribution in [0.5, 0.6) is 0 Å². The van der Waals surface area contributed by atoms with Crippen molar-refractivity contribution in [1.82, 2.24) is 15.4 Å². The molecule has 0 unspecified atom stereocenters. The minimum absolute atomic E-state index is 0.132. The van der Waals surface area contributed by atoms with Gasteiger partial charge in [-0.3, -0.25) is 5.10 Å². The van der Waals surface area contributed by atoms with Gasteiger partial charge in [-0.2, -0.15) is 0 Å². The third-order valence-electron chi connectivity index (χ3n) is 3.94. The summed E-state index contributed by atoms with van der Waals surface area (Å²) >= 11 is 1.35. The van der Waals surface area contributed by atoms with Crippen LogP contribution in [-0.4, -0.2) is 25.6 Å². The molecule has 6 heteroatoms. The van der Waals surface area contributed by atoms with Crippen molar-refractivity contribution in [3.05, 3.63) is 35.5 Å². The maximum Gasteiger partial charge on any atom is 0.200 e. The van der Waals surface area contributed by atoms with Crippen LogP contribution in [0.25, 0.3) is 0 Å². The fourth-order valence-electron chi connectivity index (χ4n) is 2.74. The zero-order valence-corrected chi connectivity index (χ0v) is 13.5. The van der Waals surface area contributed by atoms with E-state index in [0.29, 0.717) is 5.03 Å². The highest BCUT2D eigenvalue weighted by molar-refractivity contribution is 7.99. The summed E-state index contributed by atoms with van der Waals surface area (Å²) in [6, 6.07) is 7.86. The standard InChI is InChI=1S/C17H19N3O2S/c21-17(22)15-16(19-20-18-15)23-14-10-4-9-13(11-14)8-3-7-12-5-1-2-6-12/h4,9-12,17,21-22H,1-2,5-7H2,(H,18,19,20). The first kappa shape index (κ1) is 16.1. The SMILES string of the molecule is OC(O)c1nn[nH]c1Sc1cccc(C#CCC2CCCC2)c1. The lowest BCUT2D eigenvalue weighted by Gasteiger charge is -2.03. The molecule has 1 aromatic heterocycles. The summed E-state index contributed by atoms with van der Waals surface area (Å²) in [5.74, 6) is 7.28. The fraction of sp³-hybridized carbons (Fsp3) is 0.412. The molecule has 0 bridgehead atoms. The highest BCUT2D eigenvalue weighted by Gasteiger charge is 2.15. The summed E-state index contributed by atoms with van der Waals surface area (Å²) in [4.78, 5) is 0.950. The molecule has 0 saturated heterocycles. The van der Waals surface area contributed by atoms with Gasteiger partial charge in [0.05, 0.1) is 0 Å². The first-order valence-corrected chi connectivity index (χ1v) is 8.58. The number of aliphatic hydroxyl groups is 2. The Morgan fingerprint density at radius 3 is 2.91 bits per heavy atom. The normalized spacial score (nSPS) is 14.9. The number of nitrogens with zero attached hydrogens (tertiary/aromatic N) is 2. The van der Waals surface area contributed by atoms with Crippen LogP contribution >= 0.6 is 11.8 Å². The number of aromatic amines is 1. The number of hydrogen-bond acceptors (Lipinski definition) is 5. The van der Waals surface area contributed by atoms with E-state index in [1.165, 1.54) is 37.4 Å². The van der Waals surface area contributed by atoms with Gasteiger partial charge in [0.2, 0.25) is 6.29 Å². The van der Waals surface area contributed by atoms with E-state index in [-0.39, 0.29) is 5.69 Å². The minimum Gasteiger partial charge on any atom is -0.363 e. The van der Waals surface area contributed by atoms with Crippen molar-refractivity contribution in [2.75, 3.05) is 0 Å². The Hall–Kier alpha value is -1.81. The summed E-state index contributed by atoms with van der Waals surface area (Å²) in [6.07, 6.45) is 4.65. The van der Waals surface area contributed by atoms with E-state index in [4.69, 9.17) is 0 Å². The van der Waals surface area contributed by atoms with E-state index in [1.54, 1.807) is 0 Å². The molecule has 5 nitrogen and oxygen atoms in total. The molecule has 0 spiro atoms. The first-order chi connectivity index (χ1) is 11.2. The van der Waals surface area contributed by atoms with Crippen molar-refractivity contribution in [3.63, 3.8) is 0 Å². The van der Waals surface area contributed by atoms with Gasteiger partial charge in [0.25, 0.3) is 0 Å². The molecule has 1 heterocycles. The summed E-state index contributed by atoms with van der Waals surface area (Å²) < 4.78 is 0. The molecular weight excluding hydrogens is 310 g/mol. The van der Waals surface area contributed by atoms with Gasteiger partial charge >= 0.3 is 0 Å². The van der Waals surface area contributed by atoms with Gasteiger partial charge in [0.15, 0.2) is 5.69 Å². The topological polar surface area (TPSA) is 82.0 Å². The molecule has 1 saturated carbocycles. The number of H-pyrrole nitrogens is 1. The van der Waals surface area contributed by atoms with E-state index >= 15 is 0 Å². The maximum atomic E-state index is 9.24. The molecule has 1 fully saturated rings. The van der Waals surface area contributed by atoms with Gasteiger partial charge in [-0.15, -0.1) is 5.10 Å². The van der Waals surface area contributed by atoms with Crippen LogP contribution in [0.3, 0.4) is 0 Å². The summed E-state index contributed by atoms with van der Waals surface area (Å²) in [5.41, 5.74) is 1.10. The maximum absolute atomic E-state index is 9.24. The molecular formula is C17H19N3O2S. The van der Waals surface area contributed by atoms with Crippen LogP contribution in [0.2, 0.25) is 0 Å². The van der Waals surface area contributed by atoms with Gasteiger partial charge in [0, 0.05) is 16.9 Å². The molecule has 0 aliphatic heterocycles. The zero-order chi connectivity index (χ0) is 16.1. The van der Waals surface area contributed by atoms with Crippen LogP contribution in [0.15, 0.2) is 34.2 Å². The molecule has 0 amide bonds. The van der Waals surface area contributed by atoms with Crippen molar-refractivity contribution >= 4 is 11.8 Å². The quantitative estimate of drug-likeness (QED) is 0.593. The van der Waals surface area contributed by atoms with Crippen LogP contribution in [0, 0.1) is 17.8 Å². The Morgan fingerprint density at radius 1 is 1.30 bits per heavy atom. The second-order valence-corrected chi connectivity index (χ2v) is 6.77. The molecule has 23 heavy (non-hydrogen) atoms. The van der Waals surface area contributed by atoms with Gasteiger partial charge in [-0.1, -0.05) is 47.7 Å². The number of aromatic nitrogens is 3. The Morgan fingerprint density at radius 2 is 2.13 bits per heavy atom. The monoisotopic (exact) mass is 329 g/mol. The molecule has 1 aromatic carbocycles.